The van der Waals surface area contributed by atoms with Gasteiger partial charge < -0.3 is 15.1 Å². The Kier molecular flexibility index (Phi) is 6.42. The van der Waals surface area contributed by atoms with Crippen molar-refractivity contribution < 1.29 is 9.21 Å². The summed E-state index contributed by atoms with van der Waals surface area (Å²) in [5.74, 6) is 0.452. The number of fused-ring (bicyclic) bond motifs is 1. The van der Waals surface area contributed by atoms with Gasteiger partial charge in [0.05, 0.1) is 0 Å². The quantitative estimate of drug-likeness (QED) is 0.419. The van der Waals surface area contributed by atoms with Crippen molar-refractivity contribution in [2.75, 3.05) is 5.32 Å². The van der Waals surface area contributed by atoms with Gasteiger partial charge in [0.2, 0.25) is 11.8 Å². The van der Waals surface area contributed by atoms with Crippen molar-refractivity contribution in [1.29, 1.82) is 0 Å². The molecule has 1 heterocycles. The third kappa shape index (κ3) is 5.28. The zero-order valence-corrected chi connectivity index (χ0v) is 16.5. The number of thiocarbonyl (C=S) groups is 1. The van der Waals surface area contributed by atoms with Gasteiger partial charge in [0.15, 0.2) is 10.7 Å². The minimum atomic E-state index is -0.0669. The summed E-state index contributed by atoms with van der Waals surface area (Å²) in [5, 5.41) is 6.61. The van der Waals surface area contributed by atoms with Crippen molar-refractivity contribution in [3.05, 3.63) is 47.5 Å². The number of carbonyl (C=O) groups excluding carboxylic acids is 1. The van der Waals surface area contributed by atoms with E-state index in [1.54, 1.807) is 18.2 Å². The molecular weight excluding hydrogens is 382 g/mol. The minimum absolute atomic E-state index is 0.0669. The Morgan fingerprint density at radius 2 is 1.96 bits per heavy atom. The van der Waals surface area contributed by atoms with Gasteiger partial charge in [-0.2, -0.15) is 0 Å². The van der Waals surface area contributed by atoms with Crippen LogP contribution in [0.3, 0.4) is 0 Å². The topological polar surface area (TPSA) is 67.2 Å². The van der Waals surface area contributed by atoms with Crippen molar-refractivity contribution in [2.45, 2.75) is 32.6 Å². The highest BCUT2D eigenvalue weighted by Gasteiger charge is 2.09. The highest BCUT2D eigenvalue weighted by atomic mass is 35.5. The molecule has 3 rings (SSSR count). The molecule has 0 spiro atoms. The van der Waals surface area contributed by atoms with Crippen LogP contribution in [0, 0.1) is 0 Å². The molecule has 0 saturated heterocycles. The summed E-state index contributed by atoms with van der Waals surface area (Å²) < 4.78 is 5.76. The van der Waals surface area contributed by atoms with Gasteiger partial charge in [-0.05, 0) is 61.1 Å². The van der Waals surface area contributed by atoms with Crippen molar-refractivity contribution in [3.63, 3.8) is 0 Å². The van der Waals surface area contributed by atoms with E-state index in [2.05, 4.69) is 22.5 Å². The van der Waals surface area contributed by atoms with Crippen LogP contribution < -0.4 is 10.6 Å². The van der Waals surface area contributed by atoms with E-state index in [-0.39, 0.29) is 5.91 Å². The Hall–Kier alpha value is -2.44. The maximum absolute atomic E-state index is 11.8. The first-order chi connectivity index (χ1) is 13.0. The fourth-order valence-electron chi connectivity index (χ4n) is 2.61. The Morgan fingerprint density at radius 1 is 1.19 bits per heavy atom. The van der Waals surface area contributed by atoms with Gasteiger partial charge in [-0.15, -0.1) is 0 Å². The number of hydrogen-bond acceptors (Lipinski definition) is 4. The number of nitrogens with zero attached hydrogens (tertiary/aromatic N) is 1. The molecule has 1 amide bonds. The molecule has 27 heavy (non-hydrogen) atoms. The van der Waals surface area contributed by atoms with E-state index in [1.807, 2.05) is 24.3 Å². The first-order valence-corrected chi connectivity index (χ1v) is 9.61. The molecule has 0 unspecified atom stereocenters. The van der Waals surface area contributed by atoms with E-state index in [4.69, 9.17) is 28.2 Å². The van der Waals surface area contributed by atoms with Gasteiger partial charge >= 0.3 is 0 Å². The minimum Gasteiger partial charge on any atom is -0.436 e. The lowest BCUT2D eigenvalue weighted by Crippen LogP contribution is -2.33. The summed E-state index contributed by atoms with van der Waals surface area (Å²) in [6.45, 7) is 2.10. The molecule has 0 aliphatic rings. The summed E-state index contributed by atoms with van der Waals surface area (Å²) in [6, 6.07) is 12.8. The Bertz CT molecular complexity index is 954. The third-order valence-corrected chi connectivity index (χ3v) is 4.44. The molecule has 0 fully saturated rings. The number of halogens is 1. The predicted molar refractivity (Wildman–Crippen MR) is 113 cm³/mol. The van der Waals surface area contributed by atoms with Gasteiger partial charge in [-0.3, -0.25) is 4.79 Å². The molecule has 0 aliphatic heterocycles. The number of hydrogen-bond donors (Lipinski definition) is 2. The first-order valence-electron chi connectivity index (χ1n) is 8.82. The number of aromatic nitrogens is 1. The molecule has 2 N–H and O–H groups in total. The molecular formula is C20H20ClN3O2S. The summed E-state index contributed by atoms with van der Waals surface area (Å²) in [6.07, 6.45) is 3.47. The fraction of sp³-hybridized carbons (Fsp3) is 0.250. The predicted octanol–water partition coefficient (Wildman–Crippen LogP) is 5.54. The zero-order chi connectivity index (χ0) is 19.2. The number of anilines is 1. The molecule has 0 atom stereocenters. The van der Waals surface area contributed by atoms with E-state index >= 15 is 0 Å². The van der Waals surface area contributed by atoms with Crippen LogP contribution in [0.2, 0.25) is 5.02 Å². The molecule has 5 nitrogen and oxygen atoms in total. The van der Waals surface area contributed by atoms with Gasteiger partial charge in [0.1, 0.15) is 5.52 Å². The van der Waals surface area contributed by atoms with Gasteiger partial charge in [-0.25, -0.2) is 4.98 Å². The lowest BCUT2D eigenvalue weighted by Gasteiger charge is -2.09. The average Bonchev–Trinajstić information content (AvgIpc) is 3.05. The number of benzene rings is 2. The number of amides is 1. The van der Waals surface area contributed by atoms with Crippen molar-refractivity contribution in [1.82, 2.24) is 10.3 Å². The number of nitrogens with one attached hydrogen (secondary N) is 2. The van der Waals surface area contributed by atoms with Crippen molar-refractivity contribution in [3.8, 4) is 11.5 Å². The molecule has 0 bridgehead atoms. The summed E-state index contributed by atoms with van der Waals surface area (Å²) in [4.78, 5) is 16.3. The molecule has 3 aromatic rings. The van der Waals surface area contributed by atoms with E-state index in [9.17, 15) is 4.79 Å². The normalized spacial score (nSPS) is 10.7. The second kappa shape index (κ2) is 8.97. The monoisotopic (exact) mass is 401 g/mol. The van der Waals surface area contributed by atoms with Crippen LogP contribution in [0.15, 0.2) is 46.9 Å². The molecule has 0 radical (unpaired) electrons. The third-order valence-electron chi connectivity index (χ3n) is 4.00. The van der Waals surface area contributed by atoms with Crippen LogP contribution in [-0.2, 0) is 4.79 Å². The summed E-state index contributed by atoms with van der Waals surface area (Å²) in [7, 11) is 0. The van der Waals surface area contributed by atoms with Crippen LogP contribution in [0.25, 0.3) is 22.6 Å². The van der Waals surface area contributed by atoms with E-state index in [0.29, 0.717) is 33.5 Å². The van der Waals surface area contributed by atoms with Gasteiger partial charge in [0, 0.05) is 22.7 Å². The number of carbonyl (C=O) groups is 1. The molecule has 0 saturated carbocycles. The number of oxazole rings is 1. The fourth-order valence-corrected chi connectivity index (χ4v) is 3.01. The van der Waals surface area contributed by atoms with E-state index in [1.165, 1.54) is 0 Å². The first kappa shape index (κ1) is 19.3. The zero-order valence-electron chi connectivity index (χ0n) is 14.9. The Labute approximate surface area is 168 Å². The summed E-state index contributed by atoms with van der Waals surface area (Å²) >= 11 is 11.2. The van der Waals surface area contributed by atoms with Gasteiger partial charge in [0.25, 0.3) is 0 Å². The second-order valence-electron chi connectivity index (χ2n) is 6.17. The summed E-state index contributed by atoms with van der Waals surface area (Å²) in [5.41, 5.74) is 3.01. The lowest BCUT2D eigenvalue weighted by atomic mass is 10.2. The maximum Gasteiger partial charge on any atom is 0.227 e. The van der Waals surface area contributed by atoms with Crippen LogP contribution in [0.5, 0.6) is 0 Å². The molecule has 2 aromatic carbocycles. The van der Waals surface area contributed by atoms with Crippen molar-refractivity contribution >= 4 is 51.6 Å². The lowest BCUT2D eigenvalue weighted by molar-refractivity contribution is -0.119. The average molecular weight is 402 g/mol. The number of unbranched alkanes of at least 4 members (excludes halogenated alkanes) is 2. The molecule has 7 heteroatoms. The van der Waals surface area contributed by atoms with Crippen molar-refractivity contribution in [2.24, 2.45) is 0 Å². The van der Waals surface area contributed by atoms with Crippen LogP contribution in [0.4, 0.5) is 5.69 Å². The van der Waals surface area contributed by atoms with Crippen LogP contribution in [-0.4, -0.2) is 16.0 Å². The number of rotatable bonds is 6. The van der Waals surface area contributed by atoms with E-state index in [0.717, 1.165) is 30.5 Å². The largest absolute Gasteiger partial charge is 0.436 e. The van der Waals surface area contributed by atoms with Crippen LogP contribution >= 0.6 is 23.8 Å². The van der Waals surface area contributed by atoms with Gasteiger partial charge in [-0.1, -0.05) is 31.4 Å². The molecule has 0 aliphatic carbocycles. The maximum atomic E-state index is 11.8. The Morgan fingerprint density at radius 3 is 2.70 bits per heavy atom. The Balaban J connectivity index is 1.61. The smallest absolute Gasteiger partial charge is 0.227 e. The van der Waals surface area contributed by atoms with E-state index < -0.39 is 0 Å². The molecule has 1 aromatic heterocycles. The highest BCUT2D eigenvalue weighted by Crippen LogP contribution is 2.27. The van der Waals surface area contributed by atoms with Crippen LogP contribution in [0.1, 0.15) is 32.6 Å². The SMILES string of the molecule is CCCCCC(=O)NC(=S)Nc1ccc(-c2nc3cc(Cl)ccc3o2)cc1. The molecule has 140 valence electrons. The standard InChI is InChI=1S/C20H20ClN3O2S/c1-2-3-4-5-18(25)24-20(27)22-15-9-6-13(7-10-15)19-23-16-12-14(21)8-11-17(16)26-19/h6-12H,2-5H2,1H3,(H2,22,24,25,27). The highest BCUT2D eigenvalue weighted by molar-refractivity contribution is 7.80. The second-order valence-corrected chi connectivity index (χ2v) is 7.01.